The molecule has 5 heteroatoms. The summed E-state index contributed by atoms with van der Waals surface area (Å²) in [5.74, 6) is -1.80. The van der Waals surface area contributed by atoms with Crippen molar-refractivity contribution < 1.29 is 18.0 Å². The van der Waals surface area contributed by atoms with E-state index in [2.05, 4.69) is 19.2 Å². The van der Waals surface area contributed by atoms with E-state index in [0.29, 0.717) is 12.8 Å². The van der Waals surface area contributed by atoms with Crippen LogP contribution in [0.5, 0.6) is 0 Å². The van der Waals surface area contributed by atoms with Gasteiger partial charge in [0.2, 0.25) is 0 Å². The second-order valence-electron chi connectivity index (χ2n) is 7.55. The number of hydrogen-bond donors (Lipinski definition) is 1. The van der Waals surface area contributed by atoms with E-state index < -0.39 is 17.6 Å². The van der Waals surface area contributed by atoms with E-state index in [-0.39, 0.29) is 0 Å². The number of amides is 1. The Balaban J connectivity index is 4.26. The van der Waals surface area contributed by atoms with Crippen LogP contribution in [0, 0.1) is 0 Å². The van der Waals surface area contributed by atoms with Crippen LogP contribution in [-0.2, 0) is 4.79 Å². The summed E-state index contributed by atoms with van der Waals surface area (Å²) < 4.78 is 37.8. The molecular weight excluding hydrogens is 327 g/mol. The molecule has 0 saturated heterocycles. The fraction of sp³-hybridized carbons (Fsp3) is 0.950. The first-order valence-corrected chi connectivity index (χ1v) is 10.1. The van der Waals surface area contributed by atoms with Gasteiger partial charge in [0.1, 0.15) is 0 Å². The number of rotatable bonds is 15. The number of alkyl halides is 3. The Labute approximate surface area is 152 Å². The molecule has 0 saturated carbocycles. The van der Waals surface area contributed by atoms with Crippen LogP contribution in [0.15, 0.2) is 0 Å². The van der Waals surface area contributed by atoms with Gasteiger partial charge in [-0.25, -0.2) is 0 Å². The molecule has 0 rings (SSSR count). The summed E-state index contributed by atoms with van der Waals surface area (Å²) in [7, 11) is 0. The van der Waals surface area contributed by atoms with E-state index in [1.165, 1.54) is 32.1 Å². The van der Waals surface area contributed by atoms with Crippen molar-refractivity contribution in [1.29, 1.82) is 0 Å². The summed E-state index contributed by atoms with van der Waals surface area (Å²) in [5, 5.41) is 2.27. The van der Waals surface area contributed by atoms with Gasteiger partial charge in [-0.05, 0) is 19.8 Å². The third-order valence-corrected chi connectivity index (χ3v) is 4.84. The van der Waals surface area contributed by atoms with Crippen LogP contribution in [0.25, 0.3) is 0 Å². The van der Waals surface area contributed by atoms with Gasteiger partial charge in [0.05, 0.1) is 0 Å². The van der Waals surface area contributed by atoms with Crippen LogP contribution < -0.4 is 5.32 Å². The van der Waals surface area contributed by atoms with Crippen molar-refractivity contribution in [2.24, 2.45) is 0 Å². The molecule has 0 spiro atoms. The molecule has 2 nitrogen and oxygen atoms in total. The van der Waals surface area contributed by atoms with Gasteiger partial charge < -0.3 is 5.32 Å². The van der Waals surface area contributed by atoms with E-state index in [1.54, 1.807) is 6.92 Å². The van der Waals surface area contributed by atoms with Crippen molar-refractivity contribution in [3.05, 3.63) is 0 Å². The maximum Gasteiger partial charge on any atom is 0.471 e. The molecule has 1 atom stereocenters. The SMILES string of the molecule is CCCCCCCCCCC(C)(CCCCCC)NC(=O)C(F)(F)F. The molecule has 0 aliphatic rings. The van der Waals surface area contributed by atoms with Crippen molar-refractivity contribution in [2.75, 3.05) is 0 Å². The third kappa shape index (κ3) is 13.2. The minimum atomic E-state index is -4.80. The highest BCUT2D eigenvalue weighted by Crippen LogP contribution is 2.25. The maximum atomic E-state index is 12.6. The molecule has 0 aliphatic carbocycles. The molecule has 25 heavy (non-hydrogen) atoms. The highest BCUT2D eigenvalue weighted by atomic mass is 19.4. The first-order chi connectivity index (χ1) is 11.7. The van der Waals surface area contributed by atoms with Gasteiger partial charge in [-0.2, -0.15) is 13.2 Å². The first kappa shape index (κ1) is 24.3. The zero-order valence-corrected chi connectivity index (χ0v) is 16.4. The predicted molar refractivity (Wildman–Crippen MR) is 98.6 cm³/mol. The Morgan fingerprint density at radius 1 is 0.720 bits per heavy atom. The highest BCUT2D eigenvalue weighted by molar-refractivity contribution is 5.82. The third-order valence-electron chi connectivity index (χ3n) is 4.84. The summed E-state index contributed by atoms with van der Waals surface area (Å²) in [6, 6.07) is 0. The lowest BCUT2D eigenvalue weighted by Crippen LogP contribution is -2.51. The van der Waals surface area contributed by atoms with Gasteiger partial charge in [-0.1, -0.05) is 90.9 Å². The largest absolute Gasteiger partial charge is 0.471 e. The summed E-state index contributed by atoms with van der Waals surface area (Å²) in [4.78, 5) is 11.4. The van der Waals surface area contributed by atoms with Crippen molar-refractivity contribution >= 4 is 5.91 Å². The Hall–Kier alpha value is -0.740. The van der Waals surface area contributed by atoms with Crippen LogP contribution in [0.3, 0.4) is 0 Å². The lowest BCUT2D eigenvalue weighted by Gasteiger charge is -2.31. The second-order valence-corrected chi connectivity index (χ2v) is 7.55. The van der Waals surface area contributed by atoms with Crippen molar-refractivity contribution in [2.45, 2.75) is 122 Å². The van der Waals surface area contributed by atoms with Gasteiger partial charge >= 0.3 is 12.1 Å². The molecule has 1 unspecified atom stereocenters. The molecule has 150 valence electrons. The molecular formula is C20H38F3NO. The van der Waals surface area contributed by atoms with Gasteiger partial charge in [0.15, 0.2) is 0 Å². The highest BCUT2D eigenvalue weighted by Gasteiger charge is 2.42. The summed E-state index contributed by atoms with van der Waals surface area (Å²) in [5.41, 5.74) is -0.747. The minimum absolute atomic E-state index is 0.616. The smallest absolute Gasteiger partial charge is 0.343 e. The second kappa shape index (κ2) is 13.5. The fourth-order valence-electron chi connectivity index (χ4n) is 3.19. The number of halogens is 3. The Bertz CT molecular complexity index is 344. The Morgan fingerprint density at radius 2 is 1.08 bits per heavy atom. The average molecular weight is 366 g/mol. The zero-order valence-electron chi connectivity index (χ0n) is 16.4. The van der Waals surface area contributed by atoms with Crippen molar-refractivity contribution in [1.82, 2.24) is 5.32 Å². The van der Waals surface area contributed by atoms with E-state index in [0.717, 1.165) is 44.9 Å². The molecule has 0 aromatic carbocycles. The molecule has 0 fully saturated rings. The van der Waals surface area contributed by atoms with E-state index in [4.69, 9.17) is 0 Å². The van der Waals surface area contributed by atoms with Crippen molar-refractivity contribution in [3.8, 4) is 0 Å². The average Bonchev–Trinajstić information content (AvgIpc) is 2.53. The van der Waals surface area contributed by atoms with Gasteiger partial charge in [-0.3, -0.25) is 4.79 Å². The first-order valence-electron chi connectivity index (χ1n) is 10.1. The topological polar surface area (TPSA) is 29.1 Å². The minimum Gasteiger partial charge on any atom is -0.343 e. The molecule has 1 N–H and O–H groups in total. The number of carbonyl (C=O) groups is 1. The van der Waals surface area contributed by atoms with Gasteiger partial charge in [0.25, 0.3) is 0 Å². The summed E-state index contributed by atoms with van der Waals surface area (Å²) in [6.45, 7) is 6.06. The Morgan fingerprint density at radius 3 is 1.48 bits per heavy atom. The maximum absolute atomic E-state index is 12.6. The van der Waals surface area contributed by atoms with Crippen molar-refractivity contribution in [3.63, 3.8) is 0 Å². The van der Waals surface area contributed by atoms with Crippen LogP contribution in [-0.4, -0.2) is 17.6 Å². The number of carbonyl (C=O) groups excluding carboxylic acids is 1. The molecule has 0 aromatic heterocycles. The summed E-state index contributed by atoms with van der Waals surface area (Å²) in [6.07, 6.45) is 9.72. The molecule has 0 aromatic rings. The molecule has 1 amide bonds. The quantitative estimate of drug-likeness (QED) is 0.313. The molecule has 0 heterocycles. The molecule has 0 bridgehead atoms. The number of unbranched alkanes of at least 4 members (excludes halogenated alkanes) is 10. The van der Waals surface area contributed by atoms with Crippen LogP contribution in [0.2, 0.25) is 0 Å². The van der Waals surface area contributed by atoms with Gasteiger partial charge in [0, 0.05) is 5.54 Å². The fourth-order valence-corrected chi connectivity index (χ4v) is 3.19. The van der Waals surface area contributed by atoms with E-state index in [1.807, 2.05) is 0 Å². The number of nitrogens with one attached hydrogen (secondary N) is 1. The molecule has 0 radical (unpaired) electrons. The van der Waals surface area contributed by atoms with Crippen LogP contribution >= 0.6 is 0 Å². The summed E-state index contributed by atoms with van der Waals surface area (Å²) >= 11 is 0. The van der Waals surface area contributed by atoms with Crippen LogP contribution in [0.1, 0.15) is 111 Å². The lowest BCUT2D eigenvalue weighted by molar-refractivity contribution is -0.175. The predicted octanol–water partition coefficient (Wildman–Crippen LogP) is 6.92. The van der Waals surface area contributed by atoms with Gasteiger partial charge in [-0.15, -0.1) is 0 Å². The monoisotopic (exact) mass is 365 g/mol. The molecule has 0 aliphatic heterocycles. The normalized spacial score (nSPS) is 14.3. The van der Waals surface area contributed by atoms with E-state index >= 15 is 0 Å². The standard InChI is InChI=1S/C20H38F3NO/c1-4-6-8-10-11-12-13-15-17-19(3,16-14-9-7-5-2)24-18(25)20(21,22)23/h4-17H2,1-3H3,(H,24,25). The van der Waals surface area contributed by atoms with Crippen LogP contribution in [0.4, 0.5) is 13.2 Å². The lowest BCUT2D eigenvalue weighted by atomic mass is 9.88. The number of hydrogen-bond acceptors (Lipinski definition) is 1. The Kier molecular flexibility index (Phi) is 13.1. The zero-order chi connectivity index (χ0) is 19.2. The van der Waals surface area contributed by atoms with E-state index in [9.17, 15) is 18.0 Å².